The van der Waals surface area contributed by atoms with E-state index in [4.69, 9.17) is 33.2 Å². The van der Waals surface area contributed by atoms with Crippen LogP contribution in [-0.4, -0.2) is 15.9 Å². The van der Waals surface area contributed by atoms with Gasteiger partial charge in [-0.1, -0.05) is 43.1 Å². The molecule has 2 aliphatic carbocycles. The van der Waals surface area contributed by atoms with E-state index in [2.05, 4.69) is 33.0 Å². The molecule has 1 fully saturated rings. The quantitative estimate of drug-likeness (QED) is 0.506. The first-order valence-electron chi connectivity index (χ1n) is 10.2. The van der Waals surface area contributed by atoms with Gasteiger partial charge in [-0.25, -0.2) is 9.97 Å². The largest absolute Gasteiger partial charge is 0.325 e. The Morgan fingerprint density at radius 2 is 1.70 bits per heavy atom. The van der Waals surface area contributed by atoms with Gasteiger partial charge in [-0.3, -0.25) is 4.79 Å². The number of hydrogen-bond donors (Lipinski definition) is 1. The SMILES string of the molecule is Cc1ccc(NC(=O)C23CCC(c4nc5cc(Cl)c(Cl)cc5nc42)C3(C)C)cc1C. The lowest BCUT2D eigenvalue weighted by atomic mass is 9.67. The van der Waals surface area contributed by atoms with E-state index >= 15 is 0 Å². The summed E-state index contributed by atoms with van der Waals surface area (Å²) in [7, 11) is 0. The van der Waals surface area contributed by atoms with Crippen LogP contribution < -0.4 is 5.32 Å². The van der Waals surface area contributed by atoms with Crippen molar-refractivity contribution < 1.29 is 4.79 Å². The van der Waals surface area contributed by atoms with Gasteiger partial charge in [0.05, 0.1) is 37.9 Å². The third-order valence-corrected chi connectivity index (χ3v) is 8.12. The molecule has 2 bridgehead atoms. The van der Waals surface area contributed by atoms with Crippen LogP contribution in [0.1, 0.15) is 55.1 Å². The molecule has 5 rings (SSSR count). The summed E-state index contributed by atoms with van der Waals surface area (Å²) in [6.45, 7) is 8.45. The van der Waals surface area contributed by atoms with Gasteiger partial charge in [-0.2, -0.15) is 0 Å². The van der Waals surface area contributed by atoms with E-state index in [9.17, 15) is 4.79 Å². The molecule has 0 saturated heterocycles. The van der Waals surface area contributed by atoms with Crippen LogP contribution in [0.2, 0.25) is 10.0 Å². The molecule has 0 radical (unpaired) electrons. The number of aryl methyl sites for hydroxylation is 2. The van der Waals surface area contributed by atoms with Gasteiger partial charge in [0.25, 0.3) is 0 Å². The van der Waals surface area contributed by atoms with Gasteiger partial charge < -0.3 is 5.32 Å². The fourth-order valence-corrected chi connectivity index (χ4v) is 5.75. The molecule has 3 aromatic rings. The van der Waals surface area contributed by atoms with Crippen molar-refractivity contribution in [1.82, 2.24) is 9.97 Å². The van der Waals surface area contributed by atoms with E-state index in [1.54, 1.807) is 12.1 Å². The van der Waals surface area contributed by atoms with Crippen molar-refractivity contribution in [3.8, 4) is 0 Å². The van der Waals surface area contributed by atoms with Crippen LogP contribution >= 0.6 is 23.2 Å². The molecule has 2 atom stereocenters. The standard InChI is InChI=1S/C24H23Cl2N3O/c1-12-5-6-14(9-13(12)2)27-22(30)24-8-7-15(23(24,3)4)20-21(24)29-19-11-17(26)16(25)10-18(19)28-20/h5-6,9-11,15H,7-8H2,1-4H3,(H,27,30). The molecule has 1 heterocycles. The summed E-state index contributed by atoms with van der Waals surface area (Å²) in [5, 5.41) is 4.08. The number of nitrogens with zero attached hydrogens (tertiary/aromatic N) is 2. The number of carbonyl (C=O) groups is 1. The second-order valence-corrected chi connectivity index (χ2v) is 10.00. The second-order valence-electron chi connectivity index (χ2n) is 9.18. The van der Waals surface area contributed by atoms with E-state index in [-0.39, 0.29) is 17.2 Å². The molecule has 2 aromatic carbocycles. The molecule has 1 amide bonds. The predicted octanol–water partition coefficient (Wildman–Crippen LogP) is 6.35. The summed E-state index contributed by atoms with van der Waals surface area (Å²) >= 11 is 12.4. The molecule has 154 valence electrons. The molecular formula is C24H23Cl2N3O. The number of halogens is 2. The van der Waals surface area contributed by atoms with Crippen LogP contribution in [0, 0.1) is 19.3 Å². The van der Waals surface area contributed by atoms with E-state index in [0.717, 1.165) is 41.0 Å². The third-order valence-electron chi connectivity index (χ3n) is 7.40. The van der Waals surface area contributed by atoms with Crippen molar-refractivity contribution in [3.63, 3.8) is 0 Å². The average molecular weight is 440 g/mol. The van der Waals surface area contributed by atoms with Crippen LogP contribution in [0.15, 0.2) is 30.3 Å². The number of nitrogens with one attached hydrogen (secondary N) is 1. The van der Waals surface area contributed by atoms with Gasteiger partial charge in [0, 0.05) is 11.6 Å². The summed E-state index contributed by atoms with van der Waals surface area (Å²) < 4.78 is 0. The second kappa shape index (κ2) is 6.41. The van der Waals surface area contributed by atoms with Crippen molar-refractivity contribution in [2.24, 2.45) is 5.41 Å². The number of hydrogen-bond acceptors (Lipinski definition) is 3. The maximum absolute atomic E-state index is 13.8. The first-order valence-corrected chi connectivity index (χ1v) is 11.0. The van der Waals surface area contributed by atoms with Crippen molar-refractivity contribution in [3.05, 3.63) is 62.9 Å². The van der Waals surface area contributed by atoms with Gasteiger partial charge in [-0.05, 0) is 67.5 Å². The summed E-state index contributed by atoms with van der Waals surface area (Å²) in [6.07, 6.45) is 1.68. The lowest BCUT2D eigenvalue weighted by Gasteiger charge is -2.36. The Bertz CT molecular complexity index is 1240. The minimum absolute atomic E-state index is 0.00860. The first-order chi connectivity index (χ1) is 14.1. The zero-order valence-corrected chi connectivity index (χ0v) is 18.9. The number of amides is 1. The number of carbonyl (C=O) groups excluding carboxylic acids is 1. The minimum atomic E-state index is -0.723. The Morgan fingerprint density at radius 3 is 2.37 bits per heavy atom. The molecule has 30 heavy (non-hydrogen) atoms. The zero-order valence-electron chi connectivity index (χ0n) is 17.4. The Labute approximate surface area is 186 Å². The number of benzene rings is 2. The molecule has 0 spiro atoms. The van der Waals surface area contributed by atoms with Gasteiger partial charge in [-0.15, -0.1) is 0 Å². The predicted molar refractivity (Wildman–Crippen MR) is 122 cm³/mol. The Morgan fingerprint density at radius 1 is 1.03 bits per heavy atom. The highest BCUT2D eigenvalue weighted by Gasteiger charge is 2.67. The highest BCUT2D eigenvalue weighted by molar-refractivity contribution is 6.42. The van der Waals surface area contributed by atoms with Crippen LogP contribution in [0.3, 0.4) is 0 Å². The van der Waals surface area contributed by atoms with Crippen molar-refractivity contribution in [1.29, 1.82) is 0 Å². The van der Waals surface area contributed by atoms with Crippen LogP contribution in [0.25, 0.3) is 11.0 Å². The highest BCUT2D eigenvalue weighted by Crippen LogP contribution is 2.67. The Kier molecular flexibility index (Phi) is 4.23. The summed E-state index contributed by atoms with van der Waals surface area (Å²) in [6, 6.07) is 9.51. The van der Waals surface area contributed by atoms with Crippen molar-refractivity contribution in [2.75, 3.05) is 5.32 Å². The Hall–Kier alpha value is -2.17. The van der Waals surface area contributed by atoms with E-state index in [1.165, 1.54) is 5.56 Å². The topological polar surface area (TPSA) is 54.9 Å². The molecule has 1 aromatic heterocycles. The van der Waals surface area contributed by atoms with Gasteiger partial charge >= 0.3 is 0 Å². The molecular weight excluding hydrogens is 417 g/mol. The number of anilines is 1. The van der Waals surface area contributed by atoms with E-state index in [0.29, 0.717) is 15.6 Å². The fourth-order valence-electron chi connectivity index (χ4n) is 5.44. The van der Waals surface area contributed by atoms with Gasteiger partial charge in [0.1, 0.15) is 0 Å². The number of fused-ring (bicyclic) bond motifs is 6. The molecule has 4 nitrogen and oxygen atoms in total. The molecule has 6 heteroatoms. The third kappa shape index (κ3) is 2.50. The normalized spacial score (nSPS) is 23.6. The maximum Gasteiger partial charge on any atom is 0.237 e. The monoisotopic (exact) mass is 439 g/mol. The van der Waals surface area contributed by atoms with Crippen molar-refractivity contribution >= 4 is 45.8 Å². The molecule has 2 unspecified atom stereocenters. The van der Waals surface area contributed by atoms with Crippen LogP contribution in [0.4, 0.5) is 5.69 Å². The van der Waals surface area contributed by atoms with E-state index < -0.39 is 5.41 Å². The molecule has 1 saturated carbocycles. The van der Waals surface area contributed by atoms with Crippen LogP contribution in [-0.2, 0) is 10.2 Å². The van der Waals surface area contributed by atoms with Gasteiger partial charge in [0.2, 0.25) is 5.91 Å². The van der Waals surface area contributed by atoms with Crippen LogP contribution in [0.5, 0.6) is 0 Å². The summed E-state index contributed by atoms with van der Waals surface area (Å²) in [5.74, 6) is 0.176. The number of rotatable bonds is 2. The number of aromatic nitrogens is 2. The molecule has 0 aliphatic heterocycles. The maximum atomic E-state index is 13.8. The summed E-state index contributed by atoms with van der Waals surface area (Å²) in [5.41, 5.74) is 5.26. The lowest BCUT2D eigenvalue weighted by Crippen LogP contribution is -2.46. The molecule has 2 aliphatic rings. The van der Waals surface area contributed by atoms with Crippen molar-refractivity contribution in [2.45, 2.75) is 51.9 Å². The summed E-state index contributed by atoms with van der Waals surface area (Å²) in [4.78, 5) is 23.6. The van der Waals surface area contributed by atoms with E-state index in [1.807, 2.05) is 18.2 Å². The fraction of sp³-hybridized carbons (Fsp3) is 0.375. The smallest absolute Gasteiger partial charge is 0.237 e. The lowest BCUT2D eigenvalue weighted by molar-refractivity contribution is -0.124. The highest BCUT2D eigenvalue weighted by atomic mass is 35.5. The molecule has 1 N–H and O–H groups in total. The minimum Gasteiger partial charge on any atom is -0.325 e. The Balaban J connectivity index is 1.65. The average Bonchev–Trinajstić information content (AvgIpc) is 3.06. The first kappa shape index (κ1) is 19.8. The van der Waals surface area contributed by atoms with Gasteiger partial charge in [0.15, 0.2) is 0 Å². The zero-order chi connectivity index (χ0) is 21.4.